The normalized spacial score (nSPS) is 25.3. The summed E-state index contributed by atoms with van der Waals surface area (Å²) in [5.41, 5.74) is 0.00411. The van der Waals surface area contributed by atoms with Crippen LogP contribution in [0.1, 0.15) is 27.7 Å². The fourth-order valence-corrected chi connectivity index (χ4v) is 2.07. The monoisotopic (exact) mass is 294 g/mol. The van der Waals surface area contributed by atoms with Crippen molar-refractivity contribution in [1.82, 2.24) is 10.6 Å². The molecule has 114 valence electrons. The molecule has 1 aliphatic heterocycles. The summed E-state index contributed by atoms with van der Waals surface area (Å²) in [6.07, 6.45) is -0.0874. The fourth-order valence-electron chi connectivity index (χ4n) is 2.07. The maximum atomic E-state index is 12.0. The lowest BCUT2D eigenvalue weighted by atomic mass is 9.89. The highest BCUT2D eigenvalue weighted by Gasteiger charge is 2.30. The smallest absolute Gasteiger partial charge is 0.239 e. The van der Waals surface area contributed by atoms with E-state index in [1.807, 2.05) is 6.92 Å². The van der Waals surface area contributed by atoms with E-state index in [1.165, 1.54) is 0 Å². The summed E-state index contributed by atoms with van der Waals surface area (Å²) in [4.78, 5) is 12.0. The predicted molar refractivity (Wildman–Crippen MR) is 77.7 cm³/mol. The van der Waals surface area contributed by atoms with Gasteiger partial charge in [-0.05, 0) is 12.3 Å². The number of amides is 1. The molecule has 0 spiro atoms. The van der Waals surface area contributed by atoms with Crippen LogP contribution >= 0.6 is 12.4 Å². The van der Waals surface area contributed by atoms with E-state index in [1.54, 1.807) is 7.11 Å². The molecule has 0 saturated carbocycles. The molecule has 1 amide bonds. The van der Waals surface area contributed by atoms with Gasteiger partial charge in [-0.25, -0.2) is 0 Å². The van der Waals surface area contributed by atoms with E-state index in [9.17, 15) is 4.79 Å². The van der Waals surface area contributed by atoms with Crippen molar-refractivity contribution in [2.75, 3.05) is 26.8 Å². The molecule has 0 bridgehead atoms. The highest BCUT2D eigenvalue weighted by molar-refractivity contribution is 5.85. The molecule has 1 saturated heterocycles. The van der Waals surface area contributed by atoms with Gasteiger partial charge in [0.1, 0.15) is 6.04 Å². The van der Waals surface area contributed by atoms with Gasteiger partial charge in [-0.1, -0.05) is 20.8 Å². The molecule has 0 aromatic carbocycles. The van der Waals surface area contributed by atoms with Crippen LogP contribution in [-0.4, -0.2) is 51.0 Å². The molecule has 1 unspecified atom stereocenters. The second kappa shape index (κ2) is 8.04. The molecule has 1 heterocycles. The van der Waals surface area contributed by atoms with Crippen molar-refractivity contribution in [3.8, 4) is 0 Å². The van der Waals surface area contributed by atoms with Crippen LogP contribution in [-0.2, 0) is 14.3 Å². The van der Waals surface area contributed by atoms with Gasteiger partial charge < -0.3 is 20.1 Å². The van der Waals surface area contributed by atoms with Crippen LogP contribution in [0.4, 0.5) is 0 Å². The molecular formula is C13H27ClN2O3. The van der Waals surface area contributed by atoms with Crippen molar-refractivity contribution in [3.05, 3.63) is 0 Å². The maximum Gasteiger partial charge on any atom is 0.239 e. The van der Waals surface area contributed by atoms with Crippen molar-refractivity contribution in [2.24, 2.45) is 5.41 Å². The summed E-state index contributed by atoms with van der Waals surface area (Å²) in [6.45, 7) is 10.1. The third-order valence-electron chi connectivity index (χ3n) is 3.31. The van der Waals surface area contributed by atoms with E-state index < -0.39 is 0 Å². The Morgan fingerprint density at radius 3 is 2.63 bits per heavy atom. The van der Waals surface area contributed by atoms with E-state index in [-0.39, 0.29) is 42.0 Å². The lowest BCUT2D eigenvalue weighted by molar-refractivity contribution is -0.129. The number of hydrogen-bond donors (Lipinski definition) is 2. The number of ether oxygens (including phenoxy) is 2. The number of carbonyl (C=O) groups excluding carboxylic acids is 1. The van der Waals surface area contributed by atoms with E-state index in [0.717, 1.165) is 6.54 Å². The predicted octanol–water partition coefficient (Wildman–Crippen LogP) is 0.962. The molecule has 2 N–H and O–H groups in total. The molecule has 1 fully saturated rings. The number of nitrogens with one attached hydrogen (secondary N) is 2. The lowest BCUT2D eigenvalue weighted by Gasteiger charge is -2.32. The van der Waals surface area contributed by atoms with Gasteiger partial charge in [-0.3, -0.25) is 4.79 Å². The molecule has 0 aromatic rings. The summed E-state index contributed by atoms with van der Waals surface area (Å²) in [7, 11) is 1.67. The van der Waals surface area contributed by atoms with Gasteiger partial charge in [0.2, 0.25) is 5.91 Å². The Morgan fingerprint density at radius 1 is 1.53 bits per heavy atom. The third-order valence-corrected chi connectivity index (χ3v) is 3.31. The molecule has 6 heteroatoms. The molecule has 0 radical (unpaired) electrons. The first-order chi connectivity index (χ1) is 8.36. The summed E-state index contributed by atoms with van der Waals surface area (Å²) in [6, 6.07) is -0.267. The number of rotatable bonds is 4. The standard InChI is InChI=1S/C13H26N2O3.ClH/c1-9-11(14-6-7-18-9)12(16)15-8-10(17-5)13(2,3)4;/h9-11,14H,6-8H2,1-5H3,(H,15,16);1H/t9-,10?,11+;/m1./s1. The number of morpholine rings is 1. The van der Waals surface area contributed by atoms with Gasteiger partial charge >= 0.3 is 0 Å². The Bertz CT molecular complexity index is 282. The minimum atomic E-state index is -0.267. The number of carbonyl (C=O) groups is 1. The van der Waals surface area contributed by atoms with E-state index in [2.05, 4.69) is 31.4 Å². The quantitative estimate of drug-likeness (QED) is 0.811. The molecule has 0 aliphatic carbocycles. The van der Waals surface area contributed by atoms with Crippen molar-refractivity contribution in [3.63, 3.8) is 0 Å². The first-order valence-electron chi connectivity index (χ1n) is 6.51. The second-order valence-electron chi connectivity index (χ2n) is 5.84. The minimum Gasteiger partial charge on any atom is -0.379 e. The summed E-state index contributed by atoms with van der Waals surface area (Å²) in [5.74, 6) is -0.0199. The molecule has 1 rings (SSSR count). The average molecular weight is 295 g/mol. The minimum absolute atomic E-state index is 0. The molecule has 5 nitrogen and oxygen atoms in total. The Kier molecular flexibility index (Phi) is 7.89. The Labute approximate surface area is 122 Å². The van der Waals surface area contributed by atoms with Gasteiger partial charge in [0, 0.05) is 20.2 Å². The fraction of sp³-hybridized carbons (Fsp3) is 0.923. The number of halogens is 1. The van der Waals surface area contributed by atoms with Crippen LogP contribution in [0.3, 0.4) is 0 Å². The first kappa shape index (κ1) is 18.6. The summed E-state index contributed by atoms with van der Waals surface area (Å²) >= 11 is 0. The van der Waals surface area contributed by atoms with Crippen molar-refractivity contribution in [1.29, 1.82) is 0 Å². The summed E-state index contributed by atoms with van der Waals surface area (Å²) < 4.78 is 10.9. The molecule has 19 heavy (non-hydrogen) atoms. The summed E-state index contributed by atoms with van der Waals surface area (Å²) in [5, 5.41) is 6.11. The zero-order valence-corrected chi connectivity index (χ0v) is 13.3. The van der Waals surface area contributed by atoms with Crippen LogP contribution < -0.4 is 10.6 Å². The van der Waals surface area contributed by atoms with Crippen LogP contribution in [0, 0.1) is 5.41 Å². The number of methoxy groups -OCH3 is 1. The average Bonchev–Trinajstić information content (AvgIpc) is 2.28. The Balaban J connectivity index is 0.00000324. The second-order valence-corrected chi connectivity index (χ2v) is 5.84. The van der Waals surface area contributed by atoms with Gasteiger partial charge in [-0.15, -0.1) is 12.4 Å². The zero-order valence-electron chi connectivity index (χ0n) is 12.5. The van der Waals surface area contributed by atoms with Crippen LogP contribution in [0.5, 0.6) is 0 Å². The van der Waals surface area contributed by atoms with Crippen LogP contribution in [0.15, 0.2) is 0 Å². The highest BCUT2D eigenvalue weighted by Crippen LogP contribution is 2.21. The van der Waals surface area contributed by atoms with E-state index in [4.69, 9.17) is 9.47 Å². The van der Waals surface area contributed by atoms with Gasteiger partial charge in [-0.2, -0.15) is 0 Å². The van der Waals surface area contributed by atoms with Crippen LogP contribution in [0.2, 0.25) is 0 Å². The molecule has 0 aromatic heterocycles. The first-order valence-corrected chi connectivity index (χ1v) is 6.51. The Hall–Kier alpha value is -0.360. The zero-order chi connectivity index (χ0) is 13.8. The number of hydrogen-bond acceptors (Lipinski definition) is 4. The van der Waals surface area contributed by atoms with E-state index >= 15 is 0 Å². The highest BCUT2D eigenvalue weighted by atomic mass is 35.5. The van der Waals surface area contributed by atoms with Crippen molar-refractivity contribution in [2.45, 2.75) is 45.9 Å². The molecule has 3 atom stereocenters. The van der Waals surface area contributed by atoms with Crippen molar-refractivity contribution >= 4 is 18.3 Å². The van der Waals surface area contributed by atoms with Crippen LogP contribution in [0.25, 0.3) is 0 Å². The van der Waals surface area contributed by atoms with Gasteiger partial charge in [0.05, 0.1) is 18.8 Å². The topological polar surface area (TPSA) is 59.6 Å². The molecular weight excluding hydrogens is 268 g/mol. The van der Waals surface area contributed by atoms with E-state index in [0.29, 0.717) is 13.2 Å². The SMILES string of the molecule is COC(CNC(=O)[C@H]1NCCO[C@@H]1C)C(C)(C)C.Cl. The van der Waals surface area contributed by atoms with Crippen molar-refractivity contribution < 1.29 is 14.3 Å². The maximum absolute atomic E-state index is 12.0. The third kappa shape index (κ3) is 5.65. The Morgan fingerprint density at radius 2 is 2.16 bits per heavy atom. The van der Waals surface area contributed by atoms with Gasteiger partial charge in [0.25, 0.3) is 0 Å². The molecule has 1 aliphatic rings. The van der Waals surface area contributed by atoms with Gasteiger partial charge in [0.15, 0.2) is 0 Å². The largest absolute Gasteiger partial charge is 0.379 e. The lowest BCUT2D eigenvalue weighted by Crippen LogP contribution is -2.56.